The number of nitrogens with one attached hydrogen (secondary N) is 3. The largest absolute Gasteiger partial charge is 0.313 e. The summed E-state index contributed by atoms with van der Waals surface area (Å²) in [7, 11) is -3.62. The summed E-state index contributed by atoms with van der Waals surface area (Å²) in [6.45, 7) is 6.86. The molecule has 0 unspecified atom stereocenters. The van der Waals surface area contributed by atoms with E-state index in [0.29, 0.717) is 36.6 Å². The molecule has 206 valence electrons. The van der Waals surface area contributed by atoms with E-state index in [4.69, 9.17) is 0 Å². The highest BCUT2D eigenvalue weighted by Gasteiger charge is 2.29. The van der Waals surface area contributed by atoms with Crippen molar-refractivity contribution in [1.82, 2.24) is 20.1 Å². The molecule has 3 amide bonds. The molecule has 1 fully saturated rings. The fourth-order valence-electron chi connectivity index (χ4n) is 4.88. The van der Waals surface area contributed by atoms with E-state index < -0.39 is 27.7 Å². The number of nitrogens with zero attached hydrogens (tertiary/aromatic N) is 2. The molecule has 2 aromatic rings. The lowest BCUT2D eigenvalue weighted by Gasteiger charge is -2.26. The molecule has 12 heteroatoms. The zero-order valence-corrected chi connectivity index (χ0v) is 23.5. The molecular formula is C26H35N5O5S2. The van der Waals surface area contributed by atoms with Gasteiger partial charge in [-0.2, -0.15) is 4.31 Å². The molecule has 2 aliphatic heterocycles. The molecule has 0 bridgehead atoms. The van der Waals surface area contributed by atoms with Gasteiger partial charge in [-0.1, -0.05) is 19.8 Å². The Labute approximate surface area is 227 Å². The van der Waals surface area contributed by atoms with Crippen LogP contribution in [-0.4, -0.2) is 61.5 Å². The average Bonchev–Trinajstić information content (AvgIpc) is 3.05. The number of hydrogen-bond donors (Lipinski definition) is 3. The monoisotopic (exact) mass is 561 g/mol. The molecule has 0 aliphatic carbocycles. The number of fused-ring (bicyclic) bond motifs is 1. The van der Waals surface area contributed by atoms with E-state index in [9.17, 15) is 22.8 Å². The number of rotatable bonds is 7. The van der Waals surface area contributed by atoms with E-state index in [1.54, 1.807) is 0 Å². The first-order valence-corrected chi connectivity index (χ1v) is 15.3. The summed E-state index contributed by atoms with van der Waals surface area (Å²) in [5, 5.41) is 3.26. The van der Waals surface area contributed by atoms with E-state index in [1.165, 1.54) is 46.8 Å². The SMILES string of the molecule is CCCN1CCc2c(sc(NC(=O)c3ccc(S(=O)(=O)N4CCCCCC4)cc3)c2C(=O)NNC(C)=O)C1. The van der Waals surface area contributed by atoms with Crippen LogP contribution in [0.15, 0.2) is 29.2 Å². The van der Waals surface area contributed by atoms with Crippen molar-refractivity contribution >= 4 is 44.1 Å². The number of hydrogen-bond acceptors (Lipinski definition) is 7. The molecule has 4 rings (SSSR count). The van der Waals surface area contributed by atoms with Crippen LogP contribution in [0, 0.1) is 0 Å². The highest BCUT2D eigenvalue weighted by molar-refractivity contribution is 7.89. The van der Waals surface area contributed by atoms with Crippen LogP contribution in [0.25, 0.3) is 0 Å². The Morgan fingerprint density at radius 3 is 2.26 bits per heavy atom. The van der Waals surface area contributed by atoms with Crippen molar-refractivity contribution in [2.45, 2.75) is 63.8 Å². The van der Waals surface area contributed by atoms with Crippen molar-refractivity contribution < 1.29 is 22.8 Å². The minimum absolute atomic E-state index is 0.161. The fourth-order valence-corrected chi connectivity index (χ4v) is 7.68. The summed E-state index contributed by atoms with van der Waals surface area (Å²) in [5.41, 5.74) is 6.24. The second kappa shape index (κ2) is 12.4. The maximum Gasteiger partial charge on any atom is 0.272 e. The summed E-state index contributed by atoms with van der Waals surface area (Å²) in [6, 6.07) is 5.91. The number of carbonyl (C=O) groups excluding carboxylic acids is 3. The normalized spacial score (nSPS) is 16.8. The van der Waals surface area contributed by atoms with Crippen molar-refractivity contribution in [2.24, 2.45) is 0 Å². The zero-order chi connectivity index (χ0) is 27.3. The predicted octanol–water partition coefficient (Wildman–Crippen LogP) is 3.11. The van der Waals surface area contributed by atoms with Gasteiger partial charge in [0.25, 0.3) is 11.8 Å². The van der Waals surface area contributed by atoms with Crippen molar-refractivity contribution in [3.63, 3.8) is 0 Å². The summed E-state index contributed by atoms with van der Waals surface area (Å²) >= 11 is 1.36. The lowest BCUT2D eigenvalue weighted by Crippen LogP contribution is -2.41. The van der Waals surface area contributed by atoms with Crippen molar-refractivity contribution in [3.05, 3.63) is 45.8 Å². The smallest absolute Gasteiger partial charge is 0.272 e. The Morgan fingerprint density at radius 1 is 0.947 bits per heavy atom. The minimum Gasteiger partial charge on any atom is -0.313 e. The highest BCUT2D eigenvalue weighted by atomic mass is 32.2. The molecule has 1 saturated heterocycles. The molecule has 1 aromatic heterocycles. The average molecular weight is 562 g/mol. The number of hydrazine groups is 1. The highest BCUT2D eigenvalue weighted by Crippen LogP contribution is 2.37. The van der Waals surface area contributed by atoms with Crippen LogP contribution in [-0.2, 0) is 27.8 Å². The van der Waals surface area contributed by atoms with Crippen LogP contribution >= 0.6 is 11.3 Å². The second-order valence-corrected chi connectivity index (χ2v) is 12.7. The van der Waals surface area contributed by atoms with Crippen molar-refractivity contribution in [3.8, 4) is 0 Å². The first-order valence-electron chi connectivity index (χ1n) is 13.1. The molecule has 1 aromatic carbocycles. The van der Waals surface area contributed by atoms with Gasteiger partial charge in [0, 0.05) is 43.5 Å². The van der Waals surface area contributed by atoms with E-state index in [1.807, 2.05) is 0 Å². The van der Waals surface area contributed by atoms with Gasteiger partial charge in [0.2, 0.25) is 15.9 Å². The van der Waals surface area contributed by atoms with Gasteiger partial charge in [-0.15, -0.1) is 11.3 Å². The number of benzene rings is 1. The van der Waals surface area contributed by atoms with Gasteiger partial charge in [0.1, 0.15) is 5.00 Å². The lowest BCUT2D eigenvalue weighted by molar-refractivity contribution is -0.119. The number of carbonyl (C=O) groups is 3. The predicted molar refractivity (Wildman–Crippen MR) is 146 cm³/mol. The maximum atomic E-state index is 13.2. The van der Waals surface area contributed by atoms with Gasteiger partial charge < -0.3 is 5.32 Å². The molecule has 38 heavy (non-hydrogen) atoms. The number of thiophene rings is 1. The first kappa shape index (κ1) is 28.2. The molecule has 0 atom stereocenters. The van der Waals surface area contributed by atoms with Crippen LogP contribution in [0.2, 0.25) is 0 Å². The molecular weight excluding hydrogens is 526 g/mol. The van der Waals surface area contributed by atoms with Gasteiger partial charge in [-0.05, 0) is 62.1 Å². The van der Waals surface area contributed by atoms with Gasteiger partial charge in [-0.25, -0.2) is 8.42 Å². The number of anilines is 1. The van der Waals surface area contributed by atoms with Crippen LogP contribution in [0.1, 0.15) is 77.1 Å². The third kappa shape index (κ3) is 6.42. The molecule has 3 heterocycles. The standard InChI is InChI=1S/C26H35N5O5S2/c1-3-13-30-16-12-21-22(17-30)37-26(23(21)25(34)29-28-18(2)32)27-24(33)19-8-10-20(11-9-19)38(35,36)31-14-6-4-5-7-15-31/h8-11H,3-7,12-17H2,1-2H3,(H,27,33)(H,28,32)(H,29,34). The third-order valence-electron chi connectivity index (χ3n) is 6.80. The molecule has 2 aliphatic rings. The summed E-state index contributed by atoms with van der Waals surface area (Å²) < 4.78 is 27.7. The van der Waals surface area contributed by atoms with Crippen molar-refractivity contribution in [2.75, 3.05) is 31.5 Å². The Kier molecular flexibility index (Phi) is 9.19. The van der Waals surface area contributed by atoms with Crippen molar-refractivity contribution in [1.29, 1.82) is 0 Å². The zero-order valence-electron chi connectivity index (χ0n) is 21.8. The summed E-state index contributed by atoms with van der Waals surface area (Å²) in [6.07, 6.45) is 5.42. The fraction of sp³-hybridized carbons (Fsp3) is 0.500. The van der Waals surface area contributed by atoms with Crippen LogP contribution < -0.4 is 16.2 Å². The third-order valence-corrected chi connectivity index (χ3v) is 9.85. The summed E-state index contributed by atoms with van der Waals surface area (Å²) in [4.78, 5) is 41.0. The Morgan fingerprint density at radius 2 is 1.63 bits per heavy atom. The molecule has 0 radical (unpaired) electrons. The summed E-state index contributed by atoms with van der Waals surface area (Å²) in [5.74, 6) is -1.34. The van der Waals surface area contributed by atoms with E-state index >= 15 is 0 Å². The van der Waals surface area contributed by atoms with Gasteiger partial charge in [-0.3, -0.25) is 30.1 Å². The van der Waals surface area contributed by atoms with E-state index in [-0.39, 0.29) is 10.5 Å². The van der Waals surface area contributed by atoms with Gasteiger partial charge >= 0.3 is 0 Å². The van der Waals surface area contributed by atoms with Crippen LogP contribution in [0.4, 0.5) is 5.00 Å². The molecule has 3 N–H and O–H groups in total. The Bertz CT molecular complexity index is 1280. The lowest BCUT2D eigenvalue weighted by atomic mass is 10.0. The second-order valence-electron chi connectivity index (χ2n) is 9.67. The minimum atomic E-state index is -3.62. The van der Waals surface area contributed by atoms with Crippen LogP contribution in [0.5, 0.6) is 0 Å². The van der Waals surface area contributed by atoms with E-state index in [2.05, 4.69) is 28.0 Å². The van der Waals surface area contributed by atoms with Gasteiger partial charge in [0.15, 0.2) is 0 Å². The molecule has 0 spiro atoms. The quantitative estimate of drug-likeness (QED) is 0.446. The first-order chi connectivity index (χ1) is 18.2. The van der Waals surface area contributed by atoms with E-state index in [0.717, 1.165) is 55.6 Å². The Balaban J connectivity index is 1.55. The maximum absolute atomic E-state index is 13.2. The number of amides is 3. The number of sulfonamides is 1. The molecule has 10 nitrogen and oxygen atoms in total. The molecule has 0 saturated carbocycles. The topological polar surface area (TPSA) is 128 Å². The Hall–Kier alpha value is -2.80. The van der Waals surface area contributed by atoms with Gasteiger partial charge in [0.05, 0.1) is 10.5 Å². The van der Waals surface area contributed by atoms with Crippen LogP contribution in [0.3, 0.4) is 0 Å².